The summed E-state index contributed by atoms with van der Waals surface area (Å²) in [6.45, 7) is -0.386. The first-order chi connectivity index (χ1) is 10.3. The molecule has 1 nitrogen and oxygen atoms in total. The van der Waals surface area contributed by atoms with E-state index in [0.29, 0.717) is 6.42 Å². The van der Waals surface area contributed by atoms with Gasteiger partial charge in [0.1, 0.15) is 0 Å². The number of nitrogens with two attached hydrogens (primary N) is 1. The minimum absolute atomic E-state index is 0. The lowest BCUT2D eigenvalue weighted by Crippen LogP contribution is -2.11. The van der Waals surface area contributed by atoms with E-state index in [1.54, 1.807) is 0 Å². The van der Waals surface area contributed by atoms with Gasteiger partial charge < -0.3 is 5.73 Å². The lowest BCUT2D eigenvalue weighted by atomic mass is 9.89. The molecule has 0 amide bonds. The molecular formula is C19H17ClFN. The zero-order chi connectivity index (χ0) is 14.4. The summed E-state index contributed by atoms with van der Waals surface area (Å²) >= 11 is 0. The van der Waals surface area contributed by atoms with Gasteiger partial charge in [-0.3, -0.25) is 4.39 Å². The normalized spacial score (nSPS) is 12.8. The lowest BCUT2D eigenvalue weighted by molar-refractivity contribution is 0.443. The molecule has 0 unspecified atom stereocenters. The molecule has 0 bridgehead atoms. The van der Waals surface area contributed by atoms with Crippen LogP contribution in [0.4, 0.5) is 4.39 Å². The van der Waals surface area contributed by atoms with Gasteiger partial charge in [-0.1, -0.05) is 54.6 Å². The predicted octanol–water partition coefficient (Wildman–Crippen LogP) is 5.37. The summed E-state index contributed by atoms with van der Waals surface area (Å²) in [4.78, 5) is 0. The second-order valence-electron chi connectivity index (χ2n) is 5.59. The van der Waals surface area contributed by atoms with Crippen LogP contribution in [0.15, 0.2) is 54.6 Å². The number of hydrogen-bond acceptors (Lipinski definition) is 1. The molecule has 0 radical (unpaired) electrons. The van der Waals surface area contributed by atoms with E-state index in [2.05, 4.69) is 48.5 Å². The number of halogens is 2. The summed E-state index contributed by atoms with van der Waals surface area (Å²) in [5, 5.41) is 7.37. The summed E-state index contributed by atoms with van der Waals surface area (Å²) in [5.41, 5.74) is 7.20. The highest BCUT2D eigenvalue weighted by Crippen LogP contribution is 2.37. The van der Waals surface area contributed by atoms with Crippen molar-refractivity contribution < 1.29 is 4.39 Å². The van der Waals surface area contributed by atoms with Crippen molar-refractivity contribution >= 4 is 44.7 Å². The SMILES string of the molecule is Cl.N[C@@H](CCF)c1ccc2ccc3cccc4ccc1c2c34. The Bertz CT molecular complexity index is 919. The van der Waals surface area contributed by atoms with Gasteiger partial charge in [0.15, 0.2) is 0 Å². The van der Waals surface area contributed by atoms with E-state index in [9.17, 15) is 4.39 Å². The summed E-state index contributed by atoms with van der Waals surface area (Å²) in [5.74, 6) is 0. The van der Waals surface area contributed by atoms with Crippen molar-refractivity contribution in [1.29, 1.82) is 0 Å². The van der Waals surface area contributed by atoms with Crippen molar-refractivity contribution in [2.45, 2.75) is 12.5 Å². The second kappa shape index (κ2) is 5.71. The molecule has 0 fully saturated rings. The molecule has 0 aliphatic rings. The molecule has 0 saturated heterocycles. The van der Waals surface area contributed by atoms with Crippen LogP contribution in [0.1, 0.15) is 18.0 Å². The average Bonchev–Trinajstić information content (AvgIpc) is 2.52. The summed E-state index contributed by atoms with van der Waals surface area (Å²) in [7, 11) is 0. The third-order valence-electron chi connectivity index (χ3n) is 4.38. The molecule has 0 saturated carbocycles. The Balaban J connectivity index is 0.00000144. The van der Waals surface area contributed by atoms with Crippen molar-refractivity contribution in [2.24, 2.45) is 5.73 Å². The van der Waals surface area contributed by atoms with E-state index < -0.39 is 0 Å². The van der Waals surface area contributed by atoms with E-state index in [1.807, 2.05) is 6.07 Å². The Morgan fingerprint density at radius 1 is 0.818 bits per heavy atom. The van der Waals surface area contributed by atoms with E-state index in [-0.39, 0.29) is 25.1 Å². The molecule has 4 rings (SSSR count). The van der Waals surface area contributed by atoms with Crippen LogP contribution >= 0.6 is 12.4 Å². The van der Waals surface area contributed by atoms with Crippen LogP contribution in [0.2, 0.25) is 0 Å². The Kier molecular flexibility index (Phi) is 3.90. The van der Waals surface area contributed by atoms with Gasteiger partial charge in [0.25, 0.3) is 0 Å². The monoisotopic (exact) mass is 313 g/mol. The summed E-state index contributed by atoms with van der Waals surface area (Å²) in [6, 6.07) is 18.8. The van der Waals surface area contributed by atoms with Crippen molar-refractivity contribution in [2.75, 3.05) is 6.67 Å². The van der Waals surface area contributed by atoms with Crippen LogP contribution in [0.25, 0.3) is 32.3 Å². The van der Waals surface area contributed by atoms with Crippen LogP contribution in [-0.4, -0.2) is 6.67 Å². The van der Waals surface area contributed by atoms with E-state index in [4.69, 9.17) is 5.73 Å². The Labute approximate surface area is 134 Å². The smallest absolute Gasteiger partial charge is 0.0912 e. The van der Waals surface area contributed by atoms with Crippen molar-refractivity contribution in [1.82, 2.24) is 0 Å². The van der Waals surface area contributed by atoms with Crippen LogP contribution in [-0.2, 0) is 0 Å². The largest absolute Gasteiger partial charge is 0.324 e. The Morgan fingerprint density at radius 2 is 1.41 bits per heavy atom. The second-order valence-corrected chi connectivity index (χ2v) is 5.59. The Hall–Kier alpha value is -1.90. The minimum atomic E-state index is -0.386. The number of hydrogen-bond donors (Lipinski definition) is 1. The van der Waals surface area contributed by atoms with Gasteiger partial charge in [-0.25, -0.2) is 0 Å². The van der Waals surface area contributed by atoms with Gasteiger partial charge in [0.05, 0.1) is 6.67 Å². The first kappa shape index (κ1) is 15.0. The van der Waals surface area contributed by atoms with Crippen molar-refractivity contribution in [3.63, 3.8) is 0 Å². The first-order valence-electron chi connectivity index (χ1n) is 7.27. The van der Waals surface area contributed by atoms with Crippen molar-refractivity contribution in [3.05, 3.63) is 60.2 Å². The molecular weight excluding hydrogens is 297 g/mol. The van der Waals surface area contributed by atoms with Gasteiger partial charge in [0.2, 0.25) is 0 Å². The third-order valence-corrected chi connectivity index (χ3v) is 4.38. The maximum atomic E-state index is 12.6. The lowest BCUT2D eigenvalue weighted by Gasteiger charge is -2.17. The molecule has 4 aromatic carbocycles. The molecule has 112 valence electrons. The summed E-state index contributed by atoms with van der Waals surface area (Å²) in [6.07, 6.45) is 0.365. The third kappa shape index (κ3) is 2.11. The zero-order valence-corrected chi connectivity index (χ0v) is 12.9. The maximum absolute atomic E-state index is 12.6. The fourth-order valence-electron chi connectivity index (χ4n) is 3.35. The fraction of sp³-hybridized carbons (Fsp3) is 0.158. The topological polar surface area (TPSA) is 26.0 Å². The van der Waals surface area contributed by atoms with Crippen LogP contribution < -0.4 is 5.73 Å². The highest BCUT2D eigenvalue weighted by atomic mass is 35.5. The molecule has 22 heavy (non-hydrogen) atoms. The molecule has 0 aromatic heterocycles. The van der Waals surface area contributed by atoms with Crippen LogP contribution in [0.5, 0.6) is 0 Å². The molecule has 0 heterocycles. The number of alkyl halides is 1. The molecule has 4 aromatic rings. The molecule has 0 aliphatic carbocycles. The first-order valence-corrected chi connectivity index (χ1v) is 7.27. The number of rotatable bonds is 3. The van der Waals surface area contributed by atoms with E-state index in [0.717, 1.165) is 10.9 Å². The molecule has 0 spiro atoms. The molecule has 0 aliphatic heterocycles. The minimum Gasteiger partial charge on any atom is -0.324 e. The molecule has 2 N–H and O–H groups in total. The molecule has 3 heteroatoms. The van der Waals surface area contributed by atoms with E-state index in [1.165, 1.54) is 26.9 Å². The highest BCUT2D eigenvalue weighted by molar-refractivity contribution is 6.23. The fourth-order valence-corrected chi connectivity index (χ4v) is 3.35. The zero-order valence-electron chi connectivity index (χ0n) is 12.1. The van der Waals surface area contributed by atoms with Gasteiger partial charge in [0, 0.05) is 6.04 Å². The van der Waals surface area contributed by atoms with Gasteiger partial charge in [-0.05, 0) is 44.3 Å². The summed E-state index contributed by atoms with van der Waals surface area (Å²) < 4.78 is 12.6. The predicted molar refractivity (Wildman–Crippen MR) is 94.9 cm³/mol. The number of benzene rings is 4. The standard InChI is InChI=1S/C19H16FN.ClH/c20-11-10-17(21)15-8-6-14-5-4-12-2-1-3-13-7-9-16(15)19(14)18(12)13;/h1-9,17H,10-11,21H2;1H/t17-;/m0./s1. The average molecular weight is 314 g/mol. The molecule has 1 atom stereocenters. The van der Waals surface area contributed by atoms with Gasteiger partial charge >= 0.3 is 0 Å². The van der Waals surface area contributed by atoms with Crippen molar-refractivity contribution in [3.8, 4) is 0 Å². The highest BCUT2D eigenvalue weighted by Gasteiger charge is 2.14. The quantitative estimate of drug-likeness (QED) is 0.506. The van der Waals surface area contributed by atoms with Crippen LogP contribution in [0.3, 0.4) is 0 Å². The maximum Gasteiger partial charge on any atom is 0.0912 e. The van der Waals surface area contributed by atoms with E-state index >= 15 is 0 Å². The van der Waals surface area contributed by atoms with Gasteiger partial charge in [-0.15, -0.1) is 12.4 Å². The van der Waals surface area contributed by atoms with Crippen LogP contribution in [0, 0.1) is 0 Å². The Morgan fingerprint density at radius 3 is 2.09 bits per heavy atom. The van der Waals surface area contributed by atoms with Gasteiger partial charge in [-0.2, -0.15) is 0 Å².